The second kappa shape index (κ2) is 6.57. The summed E-state index contributed by atoms with van der Waals surface area (Å²) in [5, 5.41) is 2.66. The van der Waals surface area contributed by atoms with E-state index in [2.05, 4.69) is 28.5 Å². The lowest BCUT2D eigenvalue weighted by Gasteiger charge is -2.28. The van der Waals surface area contributed by atoms with Crippen LogP contribution >= 0.6 is 0 Å². The van der Waals surface area contributed by atoms with Gasteiger partial charge in [0.2, 0.25) is 0 Å². The molecule has 1 amide bonds. The summed E-state index contributed by atoms with van der Waals surface area (Å²) in [5.74, 6) is -0.0213. The molecule has 4 rings (SSSR count). The van der Waals surface area contributed by atoms with Crippen molar-refractivity contribution in [1.29, 1.82) is 0 Å². The second-order valence-electron chi connectivity index (χ2n) is 6.86. The van der Waals surface area contributed by atoms with E-state index in [1.165, 1.54) is 19.4 Å². The summed E-state index contributed by atoms with van der Waals surface area (Å²) < 4.78 is 2.10. The molecule has 1 atom stereocenters. The van der Waals surface area contributed by atoms with Crippen molar-refractivity contribution in [3.05, 3.63) is 36.0 Å². The lowest BCUT2D eigenvalue weighted by molar-refractivity contribution is -0.130. The SMILES string of the molecule is C[C@@H]1CCCN1CCCON1CCn2c(cc3ccccc32)C1=O. The molecule has 2 aromatic rings. The number of likely N-dealkylation sites (tertiary alicyclic amines) is 1. The number of hydrogen-bond acceptors (Lipinski definition) is 3. The monoisotopic (exact) mass is 327 g/mol. The Hall–Kier alpha value is -1.85. The number of benzene rings is 1. The van der Waals surface area contributed by atoms with Crippen molar-refractivity contribution < 1.29 is 9.63 Å². The Balaban J connectivity index is 1.35. The molecule has 0 unspecified atom stereocenters. The highest BCUT2D eigenvalue weighted by atomic mass is 16.7. The molecule has 1 saturated heterocycles. The Morgan fingerprint density at radius 2 is 2.08 bits per heavy atom. The normalized spacial score (nSPS) is 21.6. The lowest BCUT2D eigenvalue weighted by atomic mass is 10.2. The first-order valence-electron chi connectivity index (χ1n) is 9.01. The molecule has 5 heteroatoms. The molecule has 1 fully saturated rings. The first-order valence-corrected chi connectivity index (χ1v) is 9.01. The van der Waals surface area contributed by atoms with E-state index >= 15 is 0 Å². The minimum Gasteiger partial charge on any atom is -0.335 e. The average molecular weight is 327 g/mol. The van der Waals surface area contributed by atoms with Crippen LogP contribution in [0.3, 0.4) is 0 Å². The Morgan fingerprint density at radius 3 is 2.92 bits per heavy atom. The van der Waals surface area contributed by atoms with Crippen LogP contribution in [0, 0.1) is 0 Å². The molecule has 24 heavy (non-hydrogen) atoms. The van der Waals surface area contributed by atoms with E-state index in [0.29, 0.717) is 19.2 Å². The molecule has 0 radical (unpaired) electrons. The van der Waals surface area contributed by atoms with Crippen LogP contribution in [0.25, 0.3) is 10.9 Å². The van der Waals surface area contributed by atoms with Crippen molar-refractivity contribution in [2.45, 2.75) is 38.8 Å². The molecule has 0 spiro atoms. The minimum atomic E-state index is -0.0213. The van der Waals surface area contributed by atoms with Crippen molar-refractivity contribution in [2.75, 3.05) is 26.2 Å². The molecule has 3 heterocycles. The Morgan fingerprint density at radius 1 is 1.21 bits per heavy atom. The van der Waals surface area contributed by atoms with Crippen molar-refractivity contribution in [1.82, 2.24) is 14.5 Å². The number of hydroxylamine groups is 2. The van der Waals surface area contributed by atoms with Crippen LogP contribution in [0.5, 0.6) is 0 Å². The van der Waals surface area contributed by atoms with Crippen LogP contribution in [0.4, 0.5) is 0 Å². The van der Waals surface area contributed by atoms with Gasteiger partial charge < -0.3 is 9.47 Å². The molecular formula is C19H25N3O2. The minimum absolute atomic E-state index is 0.0213. The van der Waals surface area contributed by atoms with Crippen LogP contribution in [-0.2, 0) is 11.4 Å². The highest BCUT2D eigenvalue weighted by molar-refractivity contribution is 5.98. The second-order valence-corrected chi connectivity index (χ2v) is 6.86. The quantitative estimate of drug-likeness (QED) is 0.793. The maximum atomic E-state index is 12.7. The molecule has 1 aromatic heterocycles. The van der Waals surface area contributed by atoms with Gasteiger partial charge in [0, 0.05) is 30.0 Å². The third-order valence-corrected chi connectivity index (χ3v) is 5.31. The molecule has 1 aromatic carbocycles. The van der Waals surface area contributed by atoms with Gasteiger partial charge in [0.05, 0.1) is 13.2 Å². The van der Waals surface area contributed by atoms with Gasteiger partial charge in [0.15, 0.2) is 0 Å². The highest BCUT2D eigenvalue weighted by Crippen LogP contribution is 2.24. The summed E-state index contributed by atoms with van der Waals surface area (Å²) in [6.45, 7) is 6.56. The van der Waals surface area contributed by atoms with E-state index in [9.17, 15) is 4.79 Å². The summed E-state index contributed by atoms with van der Waals surface area (Å²) in [4.78, 5) is 21.0. The lowest BCUT2D eigenvalue weighted by Crippen LogP contribution is -2.40. The van der Waals surface area contributed by atoms with E-state index in [1.807, 2.05) is 18.2 Å². The van der Waals surface area contributed by atoms with E-state index in [1.54, 1.807) is 5.06 Å². The molecule has 0 saturated carbocycles. The molecule has 2 aliphatic rings. The molecule has 2 aliphatic heterocycles. The van der Waals surface area contributed by atoms with Crippen molar-refractivity contribution in [2.24, 2.45) is 0 Å². The fraction of sp³-hybridized carbons (Fsp3) is 0.526. The van der Waals surface area contributed by atoms with Crippen LogP contribution in [0.15, 0.2) is 30.3 Å². The van der Waals surface area contributed by atoms with Crippen LogP contribution in [-0.4, -0.2) is 52.7 Å². The van der Waals surface area contributed by atoms with Gasteiger partial charge >= 0.3 is 0 Å². The third kappa shape index (κ3) is 2.82. The summed E-state index contributed by atoms with van der Waals surface area (Å²) >= 11 is 0. The van der Waals surface area contributed by atoms with Crippen molar-refractivity contribution >= 4 is 16.8 Å². The number of carbonyl (C=O) groups is 1. The first-order chi connectivity index (χ1) is 11.7. The summed E-state index contributed by atoms with van der Waals surface area (Å²) in [6.07, 6.45) is 3.57. The van der Waals surface area contributed by atoms with Gasteiger partial charge in [-0.1, -0.05) is 18.2 Å². The van der Waals surface area contributed by atoms with Gasteiger partial charge in [-0.3, -0.25) is 9.63 Å². The fourth-order valence-corrected chi connectivity index (χ4v) is 3.94. The standard InChI is InChI=1S/C19H25N3O2/c1-15-6-4-9-20(15)10-5-13-24-22-12-11-21-17-8-3-2-7-16(17)14-18(21)19(22)23/h2-3,7-8,14-15H,4-6,9-13H2,1H3/t15-/m1/s1. The number of aromatic nitrogens is 1. The third-order valence-electron chi connectivity index (χ3n) is 5.31. The molecule has 128 valence electrons. The van der Waals surface area contributed by atoms with Crippen LogP contribution in [0.1, 0.15) is 36.7 Å². The smallest absolute Gasteiger partial charge is 0.294 e. The maximum absolute atomic E-state index is 12.7. The van der Waals surface area contributed by atoms with E-state index < -0.39 is 0 Å². The molecule has 5 nitrogen and oxygen atoms in total. The number of fused-ring (bicyclic) bond motifs is 3. The number of hydrogen-bond donors (Lipinski definition) is 0. The van der Waals surface area contributed by atoms with E-state index in [4.69, 9.17) is 4.84 Å². The largest absolute Gasteiger partial charge is 0.335 e. The topological polar surface area (TPSA) is 37.7 Å². The number of carbonyl (C=O) groups excluding carboxylic acids is 1. The number of para-hydroxylation sites is 1. The maximum Gasteiger partial charge on any atom is 0.294 e. The molecule has 0 bridgehead atoms. The van der Waals surface area contributed by atoms with Gasteiger partial charge in [0.1, 0.15) is 5.69 Å². The van der Waals surface area contributed by atoms with Gasteiger partial charge in [-0.05, 0) is 44.9 Å². The summed E-state index contributed by atoms with van der Waals surface area (Å²) in [5.41, 5.74) is 1.86. The number of nitrogens with zero attached hydrogens (tertiary/aromatic N) is 3. The summed E-state index contributed by atoms with van der Waals surface area (Å²) in [6, 6.07) is 10.8. The van der Waals surface area contributed by atoms with E-state index in [0.717, 1.165) is 36.1 Å². The first kappa shape index (κ1) is 15.7. The van der Waals surface area contributed by atoms with Gasteiger partial charge in [0.25, 0.3) is 5.91 Å². The zero-order valence-corrected chi connectivity index (χ0v) is 14.3. The van der Waals surface area contributed by atoms with Crippen molar-refractivity contribution in [3.8, 4) is 0 Å². The van der Waals surface area contributed by atoms with Crippen LogP contribution in [0.2, 0.25) is 0 Å². The molecule has 0 N–H and O–H groups in total. The zero-order chi connectivity index (χ0) is 16.5. The zero-order valence-electron chi connectivity index (χ0n) is 14.3. The fourth-order valence-electron chi connectivity index (χ4n) is 3.94. The Labute approximate surface area is 142 Å². The highest BCUT2D eigenvalue weighted by Gasteiger charge is 2.27. The summed E-state index contributed by atoms with van der Waals surface area (Å²) in [7, 11) is 0. The Kier molecular flexibility index (Phi) is 4.29. The predicted molar refractivity (Wildman–Crippen MR) is 93.8 cm³/mol. The van der Waals surface area contributed by atoms with Gasteiger partial charge in [-0.15, -0.1) is 0 Å². The van der Waals surface area contributed by atoms with Gasteiger partial charge in [-0.25, -0.2) is 5.06 Å². The number of amides is 1. The van der Waals surface area contributed by atoms with Crippen molar-refractivity contribution in [3.63, 3.8) is 0 Å². The average Bonchev–Trinajstić information content (AvgIpc) is 3.17. The molecular weight excluding hydrogens is 302 g/mol. The predicted octanol–water partition coefficient (Wildman–Crippen LogP) is 2.90. The van der Waals surface area contributed by atoms with Gasteiger partial charge in [-0.2, -0.15) is 0 Å². The van der Waals surface area contributed by atoms with Crippen LogP contribution < -0.4 is 0 Å². The number of rotatable bonds is 5. The Bertz CT molecular complexity index is 739. The van der Waals surface area contributed by atoms with E-state index in [-0.39, 0.29) is 5.91 Å². The molecule has 0 aliphatic carbocycles.